The van der Waals surface area contributed by atoms with Crippen LogP contribution in [0.1, 0.15) is 38.5 Å². The molecule has 0 aliphatic heterocycles. The Labute approximate surface area is 104 Å². The van der Waals surface area contributed by atoms with E-state index in [2.05, 4.69) is 32.2 Å². The van der Waals surface area contributed by atoms with Gasteiger partial charge in [0.25, 0.3) is 0 Å². The van der Waals surface area contributed by atoms with Crippen LogP contribution in [-0.2, 0) is 5.54 Å². The minimum absolute atomic E-state index is 0.408. The van der Waals surface area contributed by atoms with E-state index in [-0.39, 0.29) is 0 Å². The van der Waals surface area contributed by atoms with Crippen LogP contribution in [0.3, 0.4) is 0 Å². The molecular weight excluding hydrogens is 232 g/mol. The highest BCUT2D eigenvalue weighted by Gasteiger charge is 2.37. The van der Waals surface area contributed by atoms with Crippen LogP contribution in [0.25, 0.3) is 11.6 Å². The van der Waals surface area contributed by atoms with Crippen LogP contribution in [0.5, 0.6) is 0 Å². The monoisotopic (exact) mass is 248 g/mol. The Morgan fingerprint density at radius 2 is 2.22 bits per heavy atom. The fourth-order valence-corrected chi connectivity index (χ4v) is 2.33. The lowest BCUT2D eigenvalue weighted by atomic mass is 9.78. The topological polar surface area (TPSA) is 107 Å². The summed E-state index contributed by atoms with van der Waals surface area (Å²) in [5.41, 5.74) is 5.88. The van der Waals surface area contributed by atoms with Crippen molar-refractivity contribution in [1.29, 1.82) is 0 Å². The van der Waals surface area contributed by atoms with Gasteiger partial charge in [0.1, 0.15) is 6.33 Å². The smallest absolute Gasteiger partial charge is 0.247 e. The summed E-state index contributed by atoms with van der Waals surface area (Å²) in [6.45, 7) is 2.24. The maximum Gasteiger partial charge on any atom is 0.247 e. The first-order valence-corrected chi connectivity index (χ1v) is 6.16. The highest BCUT2D eigenvalue weighted by atomic mass is 16.5. The summed E-state index contributed by atoms with van der Waals surface area (Å²) in [6, 6.07) is 0. The summed E-state index contributed by atoms with van der Waals surface area (Å²) in [5.74, 6) is 2.13. The van der Waals surface area contributed by atoms with Crippen LogP contribution in [0.15, 0.2) is 10.9 Å². The quantitative estimate of drug-likeness (QED) is 0.827. The van der Waals surface area contributed by atoms with Crippen molar-refractivity contribution >= 4 is 0 Å². The van der Waals surface area contributed by atoms with Crippen molar-refractivity contribution in [2.24, 2.45) is 11.7 Å². The Morgan fingerprint density at radius 1 is 1.44 bits per heavy atom. The van der Waals surface area contributed by atoms with Gasteiger partial charge in [-0.2, -0.15) is 10.1 Å². The summed E-state index contributed by atoms with van der Waals surface area (Å²) in [4.78, 5) is 8.32. The summed E-state index contributed by atoms with van der Waals surface area (Å²) < 4.78 is 5.29. The largest absolute Gasteiger partial charge is 0.337 e. The maximum absolute atomic E-state index is 6.37. The fourth-order valence-electron chi connectivity index (χ4n) is 2.33. The molecule has 1 aliphatic rings. The Hall–Kier alpha value is -1.76. The van der Waals surface area contributed by atoms with Gasteiger partial charge in [0.15, 0.2) is 5.82 Å². The number of aromatic amines is 1. The number of H-pyrrole nitrogens is 1. The molecule has 18 heavy (non-hydrogen) atoms. The van der Waals surface area contributed by atoms with E-state index in [0.717, 1.165) is 31.6 Å². The molecule has 0 unspecified atom stereocenters. The highest BCUT2D eigenvalue weighted by molar-refractivity contribution is 5.40. The van der Waals surface area contributed by atoms with Crippen molar-refractivity contribution in [3.8, 4) is 11.6 Å². The van der Waals surface area contributed by atoms with E-state index in [1.807, 2.05) is 0 Å². The highest BCUT2D eigenvalue weighted by Crippen LogP contribution is 2.36. The molecule has 2 aromatic heterocycles. The van der Waals surface area contributed by atoms with E-state index in [0.29, 0.717) is 17.5 Å². The predicted molar refractivity (Wildman–Crippen MR) is 63.2 cm³/mol. The molecule has 0 atom stereocenters. The minimum atomic E-state index is -0.488. The zero-order valence-corrected chi connectivity index (χ0v) is 10.3. The van der Waals surface area contributed by atoms with Gasteiger partial charge in [-0.15, -0.1) is 0 Å². The Bertz CT molecular complexity index is 511. The van der Waals surface area contributed by atoms with Crippen molar-refractivity contribution in [2.75, 3.05) is 0 Å². The second-order valence-corrected chi connectivity index (χ2v) is 5.10. The lowest BCUT2D eigenvalue weighted by Crippen LogP contribution is -2.40. The van der Waals surface area contributed by atoms with Crippen LogP contribution in [0.4, 0.5) is 0 Å². The molecule has 7 nitrogen and oxygen atoms in total. The summed E-state index contributed by atoms with van der Waals surface area (Å²) >= 11 is 0. The normalized spacial score (nSPS) is 28.4. The molecule has 3 rings (SSSR count). The number of nitrogens with one attached hydrogen (secondary N) is 1. The number of hydrogen-bond acceptors (Lipinski definition) is 6. The van der Waals surface area contributed by atoms with Crippen LogP contribution in [-0.4, -0.2) is 25.3 Å². The van der Waals surface area contributed by atoms with Gasteiger partial charge in [-0.3, -0.25) is 5.10 Å². The first kappa shape index (κ1) is 11.3. The second kappa shape index (κ2) is 4.16. The lowest BCUT2D eigenvalue weighted by Gasteiger charge is -2.32. The number of nitrogens with zero attached hydrogens (tertiary/aromatic N) is 4. The van der Waals surface area contributed by atoms with Crippen molar-refractivity contribution in [3.63, 3.8) is 0 Å². The Kier molecular flexibility index (Phi) is 2.62. The molecule has 2 heterocycles. The molecule has 0 amide bonds. The van der Waals surface area contributed by atoms with Crippen molar-refractivity contribution in [2.45, 2.75) is 38.1 Å². The molecule has 0 radical (unpaired) electrons. The first-order valence-electron chi connectivity index (χ1n) is 6.16. The second-order valence-electron chi connectivity index (χ2n) is 5.10. The first-order chi connectivity index (χ1) is 8.67. The Balaban J connectivity index is 1.85. The molecule has 0 spiro atoms. The summed E-state index contributed by atoms with van der Waals surface area (Å²) in [6.07, 6.45) is 5.36. The van der Waals surface area contributed by atoms with Crippen molar-refractivity contribution in [1.82, 2.24) is 25.3 Å². The zero-order valence-electron chi connectivity index (χ0n) is 10.3. The van der Waals surface area contributed by atoms with Gasteiger partial charge in [0.2, 0.25) is 11.7 Å². The predicted octanol–water partition coefficient (Wildman–Crippen LogP) is 1.22. The minimum Gasteiger partial charge on any atom is -0.337 e. The maximum atomic E-state index is 6.37. The van der Waals surface area contributed by atoms with E-state index < -0.39 is 5.54 Å². The van der Waals surface area contributed by atoms with Gasteiger partial charge in [-0.25, -0.2) is 4.98 Å². The zero-order chi connectivity index (χ0) is 12.6. The average Bonchev–Trinajstić information content (AvgIpc) is 3.01. The van der Waals surface area contributed by atoms with E-state index in [1.54, 1.807) is 0 Å². The van der Waals surface area contributed by atoms with Crippen LogP contribution in [0, 0.1) is 5.92 Å². The summed E-state index contributed by atoms with van der Waals surface area (Å²) in [7, 11) is 0. The van der Waals surface area contributed by atoms with Crippen molar-refractivity contribution < 1.29 is 4.52 Å². The molecule has 0 bridgehead atoms. The number of aromatic nitrogens is 5. The number of rotatable bonds is 2. The molecule has 1 saturated carbocycles. The summed E-state index contributed by atoms with van der Waals surface area (Å²) in [5, 5.41) is 10.4. The van der Waals surface area contributed by atoms with E-state index in [1.165, 1.54) is 6.33 Å². The lowest BCUT2D eigenvalue weighted by molar-refractivity contribution is 0.190. The molecule has 7 heteroatoms. The SMILES string of the molecule is CC1CCC(N)(c2nc(-c3ncn[nH]3)no2)CC1. The van der Waals surface area contributed by atoms with Crippen LogP contribution >= 0.6 is 0 Å². The van der Waals surface area contributed by atoms with E-state index >= 15 is 0 Å². The van der Waals surface area contributed by atoms with Gasteiger partial charge in [0.05, 0.1) is 5.54 Å². The van der Waals surface area contributed by atoms with Gasteiger partial charge >= 0.3 is 0 Å². The molecule has 1 aliphatic carbocycles. The number of hydrogen-bond donors (Lipinski definition) is 2. The fraction of sp³-hybridized carbons (Fsp3) is 0.636. The molecular formula is C11H16N6O. The van der Waals surface area contributed by atoms with Gasteiger partial charge in [0, 0.05) is 0 Å². The molecule has 96 valence electrons. The van der Waals surface area contributed by atoms with Crippen LogP contribution in [0.2, 0.25) is 0 Å². The third-order valence-electron chi connectivity index (χ3n) is 3.65. The van der Waals surface area contributed by atoms with Crippen LogP contribution < -0.4 is 5.73 Å². The van der Waals surface area contributed by atoms with E-state index in [4.69, 9.17) is 10.3 Å². The van der Waals surface area contributed by atoms with E-state index in [9.17, 15) is 0 Å². The molecule has 3 N–H and O–H groups in total. The average molecular weight is 248 g/mol. The number of nitrogens with two attached hydrogens (primary N) is 1. The molecule has 0 aromatic carbocycles. The molecule has 0 saturated heterocycles. The third kappa shape index (κ3) is 1.90. The van der Waals surface area contributed by atoms with Gasteiger partial charge in [-0.05, 0) is 31.6 Å². The van der Waals surface area contributed by atoms with Gasteiger partial charge in [-0.1, -0.05) is 12.1 Å². The molecule has 1 fully saturated rings. The van der Waals surface area contributed by atoms with Gasteiger partial charge < -0.3 is 10.3 Å². The Morgan fingerprint density at radius 3 is 2.89 bits per heavy atom. The van der Waals surface area contributed by atoms with Crippen molar-refractivity contribution in [3.05, 3.63) is 12.2 Å². The molecule has 2 aromatic rings. The third-order valence-corrected chi connectivity index (χ3v) is 3.65. The standard InChI is InChI=1S/C11H16N6O/c1-7-2-4-11(12,5-3-7)10-15-9(17-18-10)8-13-6-14-16-8/h6-7H,2-5,12H2,1H3,(H,13,14,16).